The average Bonchev–Trinajstić information content (AvgIpc) is 2.80. The maximum Gasteiger partial charge on any atom is 0.211 e. The molecule has 0 aliphatic carbocycles. The van der Waals surface area contributed by atoms with Gasteiger partial charge in [-0.15, -0.1) is 0 Å². The van der Waals surface area contributed by atoms with E-state index in [9.17, 15) is 9.18 Å². The summed E-state index contributed by atoms with van der Waals surface area (Å²) in [7, 11) is 0. The van der Waals surface area contributed by atoms with Gasteiger partial charge in [0, 0.05) is 6.20 Å². The van der Waals surface area contributed by atoms with Crippen molar-refractivity contribution in [3.05, 3.63) is 60.5 Å². The minimum absolute atomic E-state index is 0.268. The molecular weight excluding hydrogens is 243 g/mol. The molecular formula is C15H11FN2O. The van der Waals surface area contributed by atoms with Crippen LogP contribution in [0.3, 0.4) is 0 Å². The highest BCUT2D eigenvalue weighted by atomic mass is 19.1. The maximum atomic E-state index is 13.0. The third-order valence-corrected chi connectivity index (χ3v) is 3.03. The van der Waals surface area contributed by atoms with E-state index in [4.69, 9.17) is 0 Å². The van der Waals surface area contributed by atoms with Crippen LogP contribution >= 0.6 is 0 Å². The molecule has 1 N–H and O–H groups in total. The Hall–Kier alpha value is -2.62. The quantitative estimate of drug-likeness (QED) is 0.715. The Morgan fingerprint density at radius 2 is 1.89 bits per heavy atom. The maximum absolute atomic E-state index is 13.0. The van der Waals surface area contributed by atoms with E-state index < -0.39 is 0 Å². The number of hydrogen-bond donors (Lipinski definition) is 1. The van der Waals surface area contributed by atoms with Gasteiger partial charge in [-0.1, -0.05) is 6.07 Å². The number of nitrogens with one attached hydrogen (secondary N) is 1. The van der Waals surface area contributed by atoms with E-state index in [1.54, 1.807) is 12.1 Å². The Bertz CT molecular complexity index is 731. The van der Waals surface area contributed by atoms with Crippen LogP contribution in [0.4, 0.5) is 10.1 Å². The lowest BCUT2D eigenvalue weighted by molar-refractivity contribution is -0.105. The minimum Gasteiger partial charge on any atom is -0.327 e. The molecule has 0 bridgehead atoms. The van der Waals surface area contributed by atoms with Crippen molar-refractivity contribution in [3.8, 4) is 11.3 Å². The van der Waals surface area contributed by atoms with E-state index in [2.05, 4.69) is 5.32 Å². The van der Waals surface area contributed by atoms with Crippen LogP contribution in [-0.4, -0.2) is 10.8 Å². The number of benzene rings is 1. The molecule has 0 atom stereocenters. The van der Waals surface area contributed by atoms with Crippen molar-refractivity contribution in [1.29, 1.82) is 0 Å². The molecule has 0 fully saturated rings. The molecule has 2 aromatic heterocycles. The van der Waals surface area contributed by atoms with Crippen molar-refractivity contribution >= 4 is 17.6 Å². The predicted molar refractivity (Wildman–Crippen MR) is 72.5 cm³/mol. The van der Waals surface area contributed by atoms with Gasteiger partial charge in [0.2, 0.25) is 6.41 Å². The first-order valence-electron chi connectivity index (χ1n) is 5.86. The SMILES string of the molecule is O=CNc1cc(-c2ccc(F)cc2)n2ccccc12. The lowest BCUT2D eigenvalue weighted by Crippen LogP contribution is -1.92. The van der Waals surface area contributed by atoms with Crippen molar-refractivity contribution in [2.45, 2.75) is 0 Å². The number of pyridine rings is 1. The Kier molecular flexibility index (Phi) is 2.76. The second-order valence-electron chi connectivity index (χ2n) is 4.17. The van der Waals surface area contributed by atoms with Gasteiger partial charge in [0.05, 0.1) is 16.9 Å². The molecule has 0 aliphatic heterocycles. The minimum atomic E-state index is -0.268. The fraction of sp³-hybridized carbons (Fsp3) is 0. The van der Waals surface area contributed by atoms with Gasteiger partial charge in [-0.2, -0.15) is 0 Å². The Morgan fingerprint density at radius 1 is 1.11 bits per heavy atom. The molecule has 3 rings (SSSR count). The van der Waals surface area contributed by atoms with Crippen molar-refractivity contribution in [2.75, 3.05) is 5.32 Å². The number of carbonyl (C=O) groups is 1. The molecule has 2 heterocycles. The standard InChI is InChI=1S/C15H11FN2O/c16-12-6-4-11(5-7-12)15-9-13(17-10-19)14-3-1-2-8-18(14)15/h1-10H,(H,17,19). The molecule has 0 spiro atoms. The molecule has 0 saturated heterocycles. The van der Waals surface area contributed by atoms with Crippen molar-refractivity contribution in [1.82, 2.24) is 4.40 Å². The summed E-state index contributed by atoms with van der Waals surface area (Å²) < 4.78 is 14.9. The van der Waals surface area contributed by atoms with E-state index in [1.165, 1.54) is 12.1 Å². The lowest BCUT2D eigenvalue weighted by Gasteiger charge is -2.02. The van der Waals surface area contributed by atoms with Gasteiger partial charge in [-0.25, -0.2) is 4.39 Å². The number of carbonyl (C=O) groups excluding carboxylic acids is 1. The molecule has 1 amide bonds. The second kappa shape index (κ2) is 4.57. The summed E-state index contributed by atoms with van der Waals surface area (Å²) in [6.07, 6.45) is 2.56. The molecule has 4 heteroatoms. The van der Waals surface area contributed by atoms with E-state index in [-0.39, 0.29) is 5.82 Å². The summed E-state index contributed by atoms with van der Waals surface area (Å²) in [4.78, 5) is 10.6. The number of nitrogens with zero attached hydrogens (tertiary/aromatic N) is 1. The van der Waals surface area contributed by atoms with Crippen molar-refractivity contribution < 1.29 is 9.18 Å². The van der Waals surface area contributed by atoms with Gasteiger partial charge in [-0.3, -0.25) is 4.79 Å². The van der Waals surface area contributed by atoms with Crippen LogP contribution < -0.4 is 5.32 Å². The summed E-state index contributed by atoms with van der Waals surface area (Å²) in [6, 6.07) is 13.9. The lowest BCUT2D eigenvalue weighted by atomic mass is 10.1. The zero-order valence-corrected chi connectivity index (χ0v) is 10.0. The van der Waals surface area contributed by atoms with Crippen LogP contribution in [-0.2, 0) is 4.79 Å². The van der Waals surface area contributed by atoms with Gasteiger partial charge in [0.1, 0.15) is 5.82 Å². The number of hydrogen-bond acceptors (Lipinski definition) is 1. The molecule has 0 radical (unpaired) electrons. The van der Waals surface area contributed by atoms with Gasteiger partial charge in [0.15, 0.2) is 0 Å². The zero-order chi connectivity index (χ0) is 13.2. The highest BCUT2D eigenvalue weighted by molar-refractivity contribution is 5.88. The average molecular weight is 254 g/mol. The fourth-order valence-corrected chi connectivity index (χ4v) is 2.18. The topological polar surface area (TPSA) is 33.5 Å². The van der Waals surface area contributed by atoms with Crippen LogP contribution in [0.5, 0.6) is 0 Å². The molecule has 94 valence electrons. The number of fused-ring (bicyclic) bond motifs is 1. The fourth-order valence-electron chi connectivity index (χ4n) is 2.18. The largest absolute Gasteiger partial charge is 0.327 e. The zero-order valence-electron chi connectivity index (χ0n) is 10.0. The second-order valence-corrected chi connectivity index (χ2v) is 4.17. The van der Waals surface area contributed by atoms with Gasteiger partial charge >= 0.3 is 0 Å². The van der Waals surface area contributed by atoms with Crippen LogP contribution in [0.25, 0.3) is 16.8 Å². The van der Waals surface area contributed by atoms with Gasteiger partial charge < -0.3 is 9.72 Å². The van der Waals surface area contributed by atoms with Gasteiger partial charge in [-0.05, 0) is 48.0 Å². The summed E-state index contributed by atoms with van der Waals surface area (Å²) in [5.41, 5.74) is 3.42. The first-order chi connectivity index (χ1) is 9.29. The highest BCUT2D eigenvalue weighted by Gasteiger charge is 2.09. The number of rotatable bonds is 3. The first kappa shape index (κ1) is 11.5. The Morgan fingerprint density at radius 3 is 2.63 bits per heavy atom. The number of halogens is 1. The monoisotopic (exact) mass is 254 g/mol. The normalized spacial score (nSPS) is 10.6. The Labute approximate surface area is 109 Å². The van der Waals surface area contributed by atoms with Crippen LogP contribution in [0, 0.1) is 5.82 Å². The van der Waals surface area contributed by atoms with Crippen LogP contribution in [0.2, 0.25) is 0 Å². The molecule has 3 aromatic rings. The number of aromatic nitrogens is 1. The molecule has 1 aromatic carbocycles. The molecule has 0 saturated carbocycles. The number of anilines is 1. The first-order valence-corrected chi connectivity index (χ1v) is 5.86. The van der Waals surface area contributed by atoms with Crippen LogP contribution in [0.15, 0.2) is 54.7 Å². The Balaban J connectivity index is 2.23. The third-order valence-electron chi connectivity index (χ3n) is 3.03. The number of amides is 1. The van der Waals surface area contributed by atoms with E-state index in [1.807, 2.05) is 34.9 Å². The van der Waals surface area contributed by atoms with Gasteiger partial charge in [0.25, 0.3) is 0 Å². The summed E-state index contributed by atoms with van der Waals surface area (Å²) in [6.45, 7) is 0. The van der Waals surface area contributed by atoms with Crippen LogP contribution in [0.1, 0.15) is 0 Å². The van der Waals surface area contributed by atoms with E-state index in [0.717, 1.165) is 22.5 Å². The molecule has 0 unspecified atom stereocenters. The van der Waals surface area contributed by atoms with Crippen molar-refractivity contribution in [2.24, 2.45) is 0 Å². The summed E-state index contributed by atoms with van der Waals surface area (Å²) in [5.74, 6) is -0.268. The molecule has 19 heavy (non-hydrogen) atoms. The smallest absolute Gasteiger partial charge is 0.211 e. The molecule has 0 aliphatic rings. The summed E-state index contributed by atoms with van der Waals surface area (Å²) in [5, 5.41) is 2.68. The predicted octanol–water partition coefficient (Wildman–Crippen LogP) is 3.31. The van der Waals surface area contributed by atoms with E-state index in [0.29, 0.717) is 6.41 Å². The summed E-state index contributed by atoms with van der Waals surface area (Å²) >= 11 is 0. The molecule has 3 nitrogen and oxygen atoms in total. The van der Waals surface area contributed by atoms with Crippen molar-refractivity contribution in [3.63, 3.8) is 0 Å². The third kappa shape index (κ3) is 1.97. The van der Waals surface area contributed by atoms with E-state index >= 15 is 0 Å². The highest BCUT2D eigenvalue weighted by Crippen LogP contribution is 2.29.